The van der Waals surface area contributed by atoms with E-state index in [1.807, 2.05) is 24.3 Å². The first-order chi connectivity index (χ1) is 15.0. The molecule has 0 saturated carbocycles. The number of carbonyl (C=O) groups excluding carboxylic acids is 2. The van der Waals surface area contributed by atoms with Crippen LogP contribution in [-0.4, -0.2) is 53.8 Å². The molecular weight excluding hydrogens is 386 g/mol. The minimum atomic E-state index is 0.100. The Labute approximate surface area is 188 Å². The van der Waals surface area contributed by atoms with Crippen molar-refractivity contribution in [3.63, 3.8) is 0 Å². The highest BCUT2D eigenvalue weighted by Crippen LogP contribution is 2.26. The van der Waals surface area contributed by atoms with Gasteiger partial charge in [-0.3, -0.25) is 9.59 Å². The summed E-state index contributed by atoms with van der Waals surface area (Å²) in [5, 5.41) is 3.08. The molecule has 5 nitrogen and oxygen atoms in total. The smallest absolute Gasteiger partial charge is 0.227 e. The van der Waals surface area contributed by atoms with Crippen LogP contribution < -0.4 is 5.32 Å². The first-order valence-electron chi connectivity index (χ1n) is 12.4. The Morgan fingerprint density at radius 2 is 1.65 bits per heavy atom. The number of anilines is 1. The second-order valence-corrected chi connectivity index (χ2v) is 9.47. The lowest BCUT2D eigenvalue weighted by atomic mass is 9.92. The van der Waals surface area contributed by atoms with Crippen LogP contribution in [0.4, 0.5) is 5.69 Å². The first kappa shape index (κ1) is 23.8. The number of rotatable bonds is 8. The van der Waals surface area contributed by atoms with Gasteiger partial charge in [-0.1, -0.05) is 44.4 Å². The monoisotopic (exact) mass is 427 g/mol. The molecule has 2 heterocycles. The van der Waals surface area contributed by atoms with Crippen LogP contribution in [0.25, 0.3) is 0 Å². The number of nitrogens with one attached hydrogen (secondary N) is 1. The van der Waals surface area contributed by atoms with Crippen LogP contribution in [-0.2, 0) is 9.59 Å². The van der Waals surface area contributed by atoms with Crippen molar-refractivity contribution in [2.24, 2.45) is 11.8 Å². The molecule has 2 fully saturated rings. The van der Waals surface area contributed by atoms with Gasteiger partial charge in [0.05, 0.1) is 0 Å². The largest absolute Gasteiger partial charge is 0.342 e. The molecule has 5 heteroatoms. The Kier molecular flexibility index (Phi) is 8.94. The van der Waals surface area contributed by atoms with Gasteiger partial charge in [-0.05, 0) is 70.7 Å². The number of hydrogen-bond donors (Lipinski definition) is 1. The van der Waals surface area contributed by atoms with Crippen LogP contribution in [0.5, 0.6) is 0 Å². The maximum absolute atomic E-state index is 12.9. The standard InChI is InChI=1S/C26H41N3O2/c1-4-6-7-21(5-2)26(31)29-18-14-24(15-19-29)28-16-12-22(13-17-28)25(30)27-23-10-8-20(3)9-11-23/h8-11,21-22,24H,4-7,12-19H2,1-3H3,(H,27,30). The molecule has 0 bridgehead atoms. The van der Waals surface area contributed by atoms with Gasteiger partial charge in [0.25, 0.3) is 0 Å². The van der Waals surface area contributed by atoms with E-state index < -0.39 is 0 Å². The summed E-state index contributed by atoms with van der Waals surface area (Å²) in [5.74, 6) is 0.838. The number of likely N-dealkylation sites (tertiary alicyclic amines) is 2. The number of nitrogens with zero attached hydrogens (tertiary/aromatic N) is 2. The average molecular weight is 428 g/mol. The van der Waals surface area contributed by atoms with E-state index in [9.17, 15) is 9.59 Å². The molecule has 0 aliphatic carbocycles. The summed E-state index contributed by atoms with van der Waals surface area (Å²) in [5.41, 5.74) is 2.09. The zero-order valence-electron chi connectivity index (χ0n) is 19.7. The maximum atomic E-state index is 12.9. The van der Waals surface area contributed by atoms with E-state index in [-0.39, 0.29) is 17.7 Å². The Balaban J connectivity index is 1.41. The summed E-state index contributed by atoms with van der Waals surface area (Å²) in [6.45, 7) is 10.1. The summed E-state index contributed by atoms with van der Waals surface area (Å²) in [6, 6.07) is 8.57. The van der Waals surface area contributed by atoms with Crippen LogP contribution in [0.3, 0.4) is 0 Å². The number of aryl methyl sites for hydroxylation is 1. The van der Waals surface area contributed by atoms with Gasteiger partial charge in [-0.25, -0.2) is 0 Å². The normalized spacial score (nSPS) is 19.9. The van der Waals surface area contributed by atoms with E-state index >= 15 is 0 Å². The molecule has 0 spiro atoms. The van der Waals surface area contributed by atoms with E-state index in [1.165, 1.54) is 5.56 Å². The van der Waals surface area contributed by atoms with Crippen LogP contribution in [0.1, 0.15) is 70.8 Å². The fourth-order valence-corrected chi connectivity index (χ4v) is 5.07. The number of unbranched alkanes of at least 4 members (excludes halogenated alkanes) is 1. The van der Waals surface area contributed by atoms with Gasteiger partial charge in [0, 0.05) is 36.7 Å². The SMILES string of the molecule is CCCCC(CC)C(=O)N1CCC(N2CCC(C(=O)Nc3ccc(C)cc3)CC2)CC1. The van der Waals surface area contributed by atoms with Crippen molar-refractivity contribution in [1.82, 2.24) is 9.80 Å². The van der Waals surface area contributed by atoms with E-state index in [1.54, 1.807) is 0 Å². The topological polar surface area (TPSA) is 52.7 Å². The zero-order valence-corrected chi connectivity index (χ0v) is 19.7. The van der Waals surface area contributed by atoms with Gasteiger partial charge in [0.1, 0.15) is 0 Å². The summed E-state index contributed by atoms with van der Waals surface area (Å²) >= 11 is 0. The third-order valence-electron chi connectivity index (χ3n) is 7.26. The molecule has 2 saturated heterocycles. The number of benzene rings is 1. The molecule has 1 atom stereocenters. The van der Waals surface area contributed by atoms with Gasteiger partial charge >= 0.3 is 0 Å². The molecule has 1 aromatic rings. The molecule has 2 amide bonds. The summed E-state index contributed by atoms with van der Waals surface area (Å²) in [7, 11) is 0. The molecular formula is C26H41N3O2. The van der Waals surface area contributed by atoms with Gasteiger partial charge < -0.3 is 15.1 Å². The zero-order chi connectivity index (χ0) is 22.2. The highest BCUT2D eigenvalue weighted by Gasteiger charge is 2.32. The van der Waals surface area contributed by atoms with Crippen molar-refractivity contribution in [1.29, 1.82) is 0 Å². The molecule has 1 unspecified atom stereocenters. The Morgan fingerprint density at radius 3 is 2.23 bits per heavy atom. The first-order valence-corrected chi connectivity index (χ1v) is 12.4. The van der Waals surface area contributed by atoms with Gasteiger partial charge in [-0.2, -0.15) is 0 Å². The fourth-order valence-electron chi connectivity index (χ4n) is 5.07. The second kappa shape index (κ2) is 11.7. The van der Waals surface area contributed by atoms with Crippen LogP contribution >= 0.6 is 0 Å². The van der Waals surface area contributed by atoms with Crippen LogP contribution in [0, 0.1) is 18.8 Å². The summed E-state index contributed by atoms with van der Waals surface area (Å²) < 4.78 is 0. The molecule has 31 heavy (non-hydrogen) atoms. The third-order valence-corrected chi connectivity index (χ3v) is 7.26. The molecule has 0 radical (unpaired) electrons. The fraction of sp³-hybridized carbons (Fsp3) is 0.692. The van der Waals surface area contributed by atoms with E-state index in [0.29, 0.717) is 11.9 Å². The summed E-state index contributed by atoms with van der Waals surface area (Å²) in [6.07, 6.45) is 8.27. The van der Waals surface area contributed by atoms with E-state index in [0.717, 1.165) is 83.2 Å². The Bertz CT molecular complexity index is 702. The summed E-state index contributed by atoms with van der Waals surface area (Å²) in [4.78, 5) is 30.2. The third kappa shape index (κ3) is 6.55. The van der Waals surface area contributed by atoms with Crippen LogP contribution in [0.15, 0.2) is 24.3 Å². The van der Waals surface area contributed by atoms with E-state index in [2.05, 4.69) is 35.9 Å². The van der Waals surface area contributed by atoms with Crippen molar-refractivity contribution < 1.29 is 9.59 Å². The van der Waals surface area contributed by atoms with E-state index in [4.69, 9.17) is 0 Å². The predicted octanol–water partition coefficient (Wildman–Crippen LogP) is 4.85. The van der Waals surface area contributed by atoms with Crippen molar-refractivity contribution in [2.45, 2.75) is 78.2 Å². The quantitative estimate of drug-likeness (QED) is 0.645. The maximum Gasteiger partial charge on any atom is 0.227 e. The highest BCUT2D eigenvalue weighted by molar-refractivity contribution is 5.92. The molecule has 172 valence electrons. The second-order valence-electron chi connectivity index (χ2n) is 9.47. The lowest BCUT2D eigenvalue weighted by molar-refractivity contribution is -0.137. The van der Waals surface area contributed by atoms with Gasteiger partial charge in [0.2, 0.25) is 11.8 Å². The molecule has 0 aromatic heterocycles. The number of carbonyl (C=O) groups is 2. The van der Waals surface area contributed by atoms with Crippen molar-refractivity contribution in [3.8, 4) is 0 Å². The van der Waals surface area contributed by atoms with Crippen molar-refractivity contribution in [3.05, 3.63) is 29.8 Å². The molecule has 2 aliphatic rings. The lowest BCUT2D eigenvalue weighted by Crippen LogP contribution is -2.50. The number of hydrogen-bond acceptors (Lipinski definition) is 3. The molecule has 1 aromatic carbocycles. The Morgan fingerprint density at radius 1 is 1.00 bits per heavy atom. The molecule has 1 N–H and O–H groups in total. The van der Waals surface area contributed by atoms with Crippen LogP contribution in [0.2, 0.25) is 0 Å². The molecule has 2 aliphatic heterocycles. The predicted molar refractivity (Wildman–Crippen MR) is 127 cm³/mol. The average Bonchev–Trinajstić information content (AvgIpc) is 2.81. The van der Waals surface area contributed by atoms with Crippen molar-refractivity contribution >= 4 is 17.5 Å². The molecule has 3 rings (SSSR count). The van der Waals surface area contributed by atoms with Gasteiger partial charge in [-0.15, -0.1) is 0 Å². The highest BCUT2D eigenvalue weighted by atomic mass is 16.2. The minimum absolute atomic E-state index is 0.100. The minimum Gasteiger partial charge on any atom is -0.342 e. The lowest BCUT2D eigenvalue weighted by Gasteiger charge is -2.42. The van der Waals surface area contributed by atoms with Gasteiger partial charge in [0.15, 0.2) is 0 Å². The Hall–Kier alpha value is -1.88. The number of amides is 2. The number of piperidine rings is 2. The van der Waals surface area contributed by atoms with Crippen molar-refractivity contribution in [2.75, 3.05) is 31.5 Å².